The lowest BCUT2D eigenvalue weighted by molar-refractivity contribution is -0.0446. The number of nitrogens with one attached hydrogen (secondary N) is 1. The maximum absolute atomic E-state index is 13.5. The van der Waals surface area contributed by atoms with Crippen LogP contribution in [0.5, 0.6) is 0 Å². The molecule has 0 amide bonds. The van der Waals surface area contributed by atoms with E-state index >= 15 is 0 Å². The third-order valence-electron chi connectivity index (χ3n) is 6.06. The predicted octanol–water partition coefficient (Wildman–Crippen LogP) is 3.32. The molecular formula is C19H20F2N6O. The normalized spacial score (nSPS) is 24.9. The van der Waals surface area contributed by atoms with Crippen molar-refractivity contribution < 1.29 is 8.78 Å². The Morgan fingerprint density at radius 1 is 1.07 bits per heavy atom. The Kier molecular flexibility index (Phi) is 3.99. The minimum Gasteiger partial charge on any atom is -0.310 e. The van der Waals surface area contributed by atoms with Crippen molar-refractivity contribution in [2.45, 2.75) is 62.3 Å². The van der Waals surface area contributed by atoms with Crippen molar-refractivity contribution in [3.05, 3.63) is 46.7 Å². The first-order valence-corrected chi connectivity index (χ1v) is 9.64. The standard InChI is InChI=1S/C19H20F2N6O/c20-19(21)6-4-11(5-7-19)27-17-14(10-24-27)18(28)26-16(25-17)13-3-2-12(13)15-22-8-1-9-23-15/h1,8-13H,2-7H2,(H,25,26,28)/t12-,13-/m1/s1. The molecule has 28 heavy (non-hydrogen) atoms. The van der Waals surface area contributed by atoms with Gasteiger partial charge in [0.2, 0.25) is 5.92 Å². The molecule has 7 nitrogen and oxygen atoms in total. The van der Waals surface area contributed by atoms with E-state index in [-0.39, 0.29) is 36.3 Å². The highest BCUT2D eigenvalue weighted by molar-refractivity contribution is 5.73. The second-order valence-electron chi connectivity index (χ2n) is 7.76. The fourth-order valence-electron chi connectivity index (χ4n) is 4.30. The maximum Gasteiger partial charge on any atom is 0.262 e. The predicted molar refractivity (Wildman–Crippen MR) is 97.3 cm³/mol. The van der Waals surface area contributed by atoms with Gasteiger partial charge >= 0.3 is 0 Å². The highest BCUT2D eigenvalue weighted by atomic mass is 19.3. The fourth-order valence-corrected chi connectivity index (χ4v) is 4.30. The fraction of sp³-hybridized carbons (Fsp3) is 0.526. The summed E-state index contributed by atoms with van der Waals surface area (Å²) in [6, 6.07) is 1.62. The minimum absolute atomic E-state index is 0.0403. The number of alkyl halides is 2. The van der Waals surface area contributed by atoms with E-state index in [2.05, 4.69) is 20.1 Å². The van der Waals surface area contributed by atoms with E-state index in [9.17, 15) is 13.6 Å². The molecule has 2 saturated carbocycles. The molecule has 0 saturated heterocycles. The van der Waals surface area contributed by atoms with Crippen LogP contribution in [-0.2, 0) is 0 Å². The van der Waals surface area contributed by atoms with Crippen LogP contribution in [0.15, 0.2) is 29.5 Å². The van der Waals surface area contributed by atoms with E-state index in [1.165, 1.54) is 6.20 Å². The molecule has 3 aromatic heterocycles. The van der Waals surface area contributed by atoms with Gasteiger partial charge in [0, 0.05) is 37.1 Å². The zero-order chi connectivity index (χ0) is 19.3. The quantitative estimate of drug-likeness (QED) is 0.746. The molecule has 146 valence electrons. The van der Waals surface area contributed by atoms with Gasteiger partial charge in [-0.2, -0.15) is 5.10 Å². The third kappa shape index (κ3) is 2.89. The van der Waals surface area contributed by atoms with Crippen LogP contribution in [0.1, 0.15) is 68.1 Å². The van der Waals surface area contributed by atoms with E-state index in [0.717, 1.165) is 18.7 Å². The number of hydrogen-bond donors (Lipinski definition) is 1. The van der Waals surface area contributed by atoms with Crippen LogP contribution in [0, 0.1) is 0 Å². The molecule has 5 rings (SSSR count). The molecule has 0 aromatic carbocycles. The first-order valence-electron chi connectivity index (χ1n) is 9.64. The number of halogens is 2. The Labute approximate surface area is 159 Å². The smallest absolute Gasteiger partial charge is 0.262 e. The molecule has 3 heterocycles. The van der Waals surface area contributed by atoms with E-state index in [1.54, 1.807) is 23.1 Å². The van der Waals surface area contributed by atoms with Crippen molar-refractivity contribution in [2.75, 3.05) is 0 Å². The highest BCUT2D eigenvalue weighted by Crippen LogP contribution is 2.46. The summed E-state index contributed by atoms with van der Waals surface area (Å²) in [7, 11) is 0. The molecule has 2 fully saturated rings. The summed E-state index contributed by atoms with van der Waals surface area (Å²) in [4.78, 5) is 28.9. The summed E-state index contributed by atoms with van der Waals surface area (Å²) in [6.45, 7) is 0. The summed E-state index contributed by atoms with van der Waals surface area (Å²) in [6.07, 6.45) is 7.08. The molecular weight excluding hydrogens is 366 g/mol. The summed E-state index contributed by atoms with van der Waals surface area (Å²) >= 11 is 0. The van der Waals surface area contributed by atoms with Crippen LogP contribution >= 0.6 is 0 Å². The van der Waals surface area contributed by atoms with Gasteiger partial charge < -0.3 is 4.98 Å². The van der Waals surface area contributed by atoms with Gasteiger partial charge in [0.25, 0.3) is 5.56 Å². The van der Waals surface area contributed by atoms with Gasteiger partial charge in [-0.25, -0.2) is 28.4 Å². The van der Waals surface area contributed by atoms with Crippen molar-refractivity contribution in [1.82, 2.24) is 29.7 Å². The molecule has 0 radical (unpaired) electrons. The van der Waals surface area contributed by atoms with Gasteiger partial charge in [-0.05, 0) is 31.7 Å². The molecule has 2 aliphatic rings. The molecule has 9 heteroatoms. The Balaban J connectivity index is 1.49. The average Bonchev–Trinajstić information content (AvgIpc) is 3.06. The van der Waals surface area contributed by atoms with Gasteiger partial charge in [-0.15, -0.1) is 0 Å². The Morgan fingerprint density at radius 3 is 2.46 bits per heavy atom. The van der Waals surface area contributed by atoms with Crippen molar-refractivity contribution in [2.24, 2.45) is 0 Å². The number of rotatable bonds is 3. The zero-order valence-corrected chi connectivity index (χ0v) is 15.2. The number of aromatic nitrogens is 6. The molecule has 0 bridgehead atoms. The topological polar surface area (TPSA) is 89.3 Å². The summed E-state index contributed by atoms with van der Waals surface area (Å²) in [5, 5.41) is 4.71. The average molecular weight is 386 g/mol. The van der Waals surface area contributed by atoms with Crippen LogP contribution in [0.2, 0.25) is 0 Å². The lowest BCUT2D eigenvalue weighted by Crippen LogP contribution is -2.29. The Morgan fingerprint density at radius 2 is 1.79 bits per heavy atom. The molecule has 0 unspecified atom stereocenters. The Hall–Kier alpha value is -2.71. The number of aromatic amines is 1. The lowest BCUT2D eigenvalue weighted by Gasteiger charge is -2.34. The largest absolute Gasteiger partial charge is 0.310 e. The summed E-state index contributed by atoms with van der Waals surface area (Å²) in [5.74, 6) is -1.09. The van der Waals surface area contributed by atoms with Crippen molar-refractivity contribution in [1.29, 1.82) is 0 Å². The summed E-state index contributed by atoms with van der Waals surface area (Å²) in [5.41, 5.74) is 0.237. The third-order valence-corrected chi connectivity index (χ3v) is 6.06. The van der Waals surface area contributed by atoms with E-state index in [0.29, 0.717) is 29.7 Å². The number of fused-ring (bicyclic) bond motifs is 1. The molecule has 0 spiro atoms. The number of hydrogen-bond acceptors (Lipinski definition) is 5. The van der Waals surface area contributed by atoms with Crippen LogP contribution in [0.3, 0.4) is 0 Å². The number of nitrogens with zero attached hydrogens (tertiary/aromatic N) is 5. The van der Waals surface area contributed by atoms with E-state index < -0.39 is 5.92 Å². The zero-order valence-electron chi connectivity index (χ0n) is 15.2. The first-order chi connectivity index (χ1) is 13.5. The second kappa shape index (κ2) is 6.42. The molecule has 2 aliphatic carbocycles. The summed E-state index contributed by atoms with van der Waals surface area (Å²) < 4.78 is 28.7. The molecule has 2 atom stereocenters. The van der Waals surface area contributed by atoms with E-state index in [1.807, 2.05) is 0 Å². The molecule has 1 N–H and O–H groups in total. The van der Waals surface area contributed by atoms with Gasteiger partial charge in [-0.3, -0.25) is 4.79 Å². The van der Waals surface area contributed by atoms with Gasteiger partial charge in [0.05, 0.1) is 12.2 Å². The van der Waals surface area contributed by atoms with Crippen molar-refractivity contribution >= 4 is 11.0 Å². The minimum atomic E-state index is -2.61. The first kappa shape index (κ1) is 17.4. The van der Waals surface area contributed by atoms with Crippen LogP contribution in [-0.4, -0.2) is 35.6 Å². The van der Waals surface area contributed by atoms with Gasteiger partial charge in [-0.1, -0.05) is 0 Å². The second-order valence-corrected chi connectivity index (χ2v) is 7.76. The lowest BCUT2D eigenvalue weighted by atomic mass is 9.72. The monoisotopic (exact) mass is 386 g/mol. The maximum atomic E-state index is 13.5. The number of H-pyrrole nitrogens is 1. The molecule has 0 aliphatic heterocycles. The Bertz CT molecular complexity index is 1050. The SMILES string of the molecule is O=c1[nH]c([C@@H]2CC[C@H]2c2ncccn2)nc2c1cnn2C1CCC(F)(F)CC1. The molecule has 3 aromatic rings. The van der Waals surface area contributed by atoms with Crippen LogP contribution in [0.4, 0.5) is 8.78 Å². The van der Waals surface area contributed by atoms with Gasteiger partial charge in [0.15, 0.2) is 5.65 Å². The van der Waals surface area contributed by atoms with Crippen molar-refractivity contribution in [3.63, 3.8) is 0 Å². The van der Waals surface area contributed by atoms with Crippen LogP contribution in [0.25, 0.3) is 11.0 Å². The highest BCUT2D eigenvalue weighted by Gasteiger charge is 2.39. The van der Waals surface area contributed by atoms with Gasteiger partial charge in [0.1, 0.15) is 17.0 Å². The van der Waals surface area contributed by atoms with E-state index in [4.69, 9.17) is 4.98 Å². The van der Waals surface area contributed by atoms with Crippen molar-refractivity contribution in [3.8, 4) is 0 Å². The van der Waals surface area contributed by atoms with Crippen LogP contribution < -0.4 is 5.56 Å².